The van der Waals surface area contributed by atoms with Gasteiger partial charge in [-0.05, 0) is 38.3 Å². The molecule has 3 aliphatic rings. The van der Waals surface area contributed by atoms with Gasteiger partial charge < -0.3 is 36.0 Å². The molecule has 0 spiro atoms. The Labute approximate surface area is 307 Å². The van der Waals surface area contributed by atoms with E-state index in [0.29, 0.717) is 12.1 Å². The first-order chi connectivity index (χ1) is 25.2. The highest BCUT2D eigenvalue weighted by Crippen LogP contribution is 2.37. The summed E-state index contributed by atoms with van der Waals surface area (Å²) in [6.45, 7) is 2.91. The van der Waals surface area contributed by atoms with Crippen molar-refractivity contribution in [2.75, 3.05) is 19.8 Å². The van der Waals surface area contributed by atoms with Crippen molar-refractivity contribution in [1.29, 1.82) is 0 Å². The summed E-state index contributed by atoms with van der Waals surface area (Å²) >= 11 is 0. The van der Waals surface area contributed by atoms with Crippen LogP contribution in [0.25, 0.3) is 0 Å². The third kappa shape index (κ3) is 8.53. The van der Waals surface area contributed by atoms with Crippen LogP contribution in [0.3, 0.4) is 0 Å². The molecule has 1 aliphatic carbocycles. The lowest BCUT2D eigenvalue weighted by Gasteiger charge is -2.37. The van der Waals surface area contributed by atoms with Crippen LogP contribution in [0.15, 0.2) is 35.5 Å². The van der Waals surface area contributed by atoms with E-state index in [1.165, 1.54) is 29.6 Å². The van der Waals surface area contributed by atoms with Crippen molar-refractivity contribution in [2.24, 2.45) is 16.6 Å². The first kappa shape index (κ1) is 40.6. The minimum Gasteiger partial charge on any atom is -0.384 e. The highest BCUT2D eigenvalue weighted by molar-refractivity contribution is 6.41. The van der Waals surface area contributed by atoms with Gasteiger partial charge in [0, 0.05) is 50.1 Å². The van der Waals surface area contributed by atoms with Gasteiger partial charge >= 0.3 is 6.18 Å². The standard InChI is InChI=1S/C35H44F3N7O9/c1-32(2,51)26-18-40-43-45(26)23-17-25(30(49)42-33(27(46)28(39)47)12-14-54-15-13-33)44(19-23)31(50)24(16-20-6-4-3-5-7-20)41-29(48)21-8-10-22(11-9-21)34(52,53)35(36,37)38/h8-11,18,20,23,25,51-53H,3-7,12-17,19H2,1-2H3,(H2,39,47)(H,42,49)/b41-24+/t23-,25-/m0/s1. The number of Topliss-reactive ketones (excluding diaryl/α,β-unsaturated/α-hetero) is 1. The number of ketones is 1. The number of nitrogens with zero attached hydrogens (tertiary/aromatic N) is 5. The molecule has 19 heteroatoms. The van der Waals surface area contributed by atoms with E-state index in [-0.39, 0.29) is 68.3 Å². The van der Waals surface area contributed by atoms with Crippen molar-refractivity contribution in [3.63, 3.8) is 0 Å². The number of amides is 4. The predicted molar refractivity (Wildman–Crippen MR) is 181 cm³/mol. The predicted octanol–water partition coefficient (Wildman–Crippen LogP) is 1.32. The molecule has 2 saturated heterocycles. The molecule has 0 unspecified atom stereocenters. The molecular weight excluding hydrogens is 719 g/mol. The lowest BCUT2D eigenvalue weighted by Crippen LogP contribution is -2.63. The number of ether oxygens (including phenoxy) is 1. The van der Waals surface area contributed by atoms with Gasteiger partial charge in [-0.3, -0.25) is 24.0 Å². The van der Waals surface area contributed by atoms with Crippen LogP contribution in [0.4, 0.5) is 13.2 Å². The van der Waals surface area contributed by atoms with E-state index in [1.54, 1.807) is 0 Å². The van der Waals surface area contributed by atoms with Gasteiger partial charge in [-0.25, -0.2) is 9.67 Å². The number of halogens is 3. The molecule has 1 aromatic heterocycles. The van der Waals surface area contributed by atoms with Gasteiger partial charge in [-0.1, -0.05) is 49.5 Å². The number of aliphatic hydroxyl groups is 3. The Morgan fingerprint density at radius 2 is 1.65 bits per heavy atom. The molecule has 0 bridgehead atoms. The molecule has 2 atom stereocenters. The number of carbonyl (C=O) groups is 5. The summed E-state index contributed by atoms with van der Waals surface area (Å²) in [6, 6.07) is 1.22. The Morgan fingerprint density at radius 3 is 2.22 bits per heavy atom. The van der Waals surface area contributed by atoms with Crippen molar-refractivity contribution < 1.29 is 57.2 Å². The maximum atomic E-state index is 14.6. The van der Waals surface area contributed by atoms with E-state index in [2.05, 4.69) is 20.6 Å². The zero-order valence-electron chi connectivity index (χ0n) is 29.8. The van der Waals surface area contributed by atoms with E-state index in [4.69, 9.17) is 10.5 Å². The molecule has 5 rings (SSSR count). The van der Waals surface area contributed by atoms with Crippen LogP contribution in [0.2, 0.25) is 0 Å². The lowest BCUT2D eigenvalue weighted by molar-refractivity contribution is -0.358. The summed E-state index contributed by atoms with van der Waals surface area (Å²) in [6.07, 6.45) is -0.0996. The maximum absolute atomic E-state index is 14.6. The number of likely N-dealkylation sites (tertiary alicyclic amines) is 1. The number of hydrogen-bond donors (Lipinski definition) is 5. The number of alkyl halides is 3. The average Bonchev–Trinajstić information content (AvgIpc) is 3.80. The fraction of sp³-hybridized carbons (Fsp3) is 0.600. The van der Waals surface area contributed by atoms with E-state index in [0.717, 1.165) is 44.2 Å². The third-order valence-corrected chi connectivity index (χ3v) is 10.4. The molecule has 3 fully saturated rings. The van der Waals surface area contributed by atoms with Crippen LogP contribution in [0.1, 0.15) is 99.3 Å². The molecule has 2 aliphatic heterocycles. The number of nitrogens with one attached hydrogen (secondary N) is 1. The SMILES string of the molecule is CC(C)(O)c1cnnn1[C@H]1C[C@@H](C(=O)NC2(C(=O)C(N)=O)CCOCC2)N(C(=O)/C(CC2CCCCC2)=N/C(=O)c2ccc(C(O)(O)C(F)(F)F)cc2)C1. The van der Waals surface area contributed by atoms with Crippen molar-refractivity contribution in [2.45, 2.75) is 107 Å². The lowest BCUT2D eigenvalue weighted by atomic mass is 9.84. The second-order valence-corrected chi connectivity index (χ2v) is 14.7. The number of nitrogens with two attached hydrogens (primary N) is 1. The first-order valence-electron chi connectivity index (χ1n) is 17.7. The largest absolute Gasteiger partial charge is 0.447 e. The Hall–Kier alpha value is -4.59. The van der Waals surface area contributed by atoms with Gasteiger partial charge in [-0.2, -0.15) is 13.2 Å². The number of aliphatic imine (C=N–C) groups is 1. The summed E-state index contributed by atoms with van der Waals surface area (Å²) in [5.74, 6) is -9.13. The average molecular weight is 764 g/mol. The molecule has 16 nitrogen and oxygen atoms in total. The summed E-state index contributed by atoms with van der Waals surface area (Å²) in [7, 11) is 0. The molecule has 54 heavy (non-hydrogen) atoms. The zero-order chi connectivity index (χ0) is 39.6. The van der Waals surface area contributed by atoms with Crippen LogP contribution in [-0.4, -0.2) is 108 Å². The second-order valence-electron chi connectivity index (χ2n) is 14.7. The van der Waals surface area contributed by atoms with Crippen molar-refractivity contribution in [3.05, 3.63) is 47.3 Å². The first-order valence-corrected chi connectivity index (χ1v) is 17.7. The van der Waals surface area contributed by atoms with Crippen LogP contribution >= 0.6 is 0 Å². The van der Waals surface area contributed by atoms with Crippen LogP contribution < -0.4 is 11.1 Å². The number of hydrogen-bond acceptors (Lipinski definition) is 11. The van der Waals surface area contributed by atoms with E-state index >= 15 is 0 Å². The summed E-state index contributed by atoms with van der Waals surface area (Å²) in [4.78, 5) is 72.9. The molecular formula is C35H44F3N7O9. The number of primary amides is 1. The highest BCUT2D eigenvalue weighted by atomic mass is 19.4. The summed E-state index contributed by atoms with van der Waals surface area (Å²) in [5.41, 5.74) is 1.10. The number of rotatable bonds is 11. The normalized spacial score (nSPS) is 21.5. The number of benzene rings is 1. The van der Waals surface area contributed by atoms with E-state index in [9.17, 15) is 52.5 Å². The van der Waals surface area contributed by atoms with E-state index in [1.807, 2.05) is 0 Å². The Morgan fingerprint density at radius 1 is 1.02 bits per heavy atom. The Bertz CT molecular complexity index is 1770. The second kappa shape index (κ2) is 15.6. The molecule has 1 aromatic carbocycles. The zero-order valence-corrected chi connectivity index (χ0v) is 29.8. The van der Waals surface area contributed by atoms with Crippen LogP contribution in [0, 0.1) is 5.92 Å². The smallest absolute Gasteiger partial charge is 0.384 e. The fourth-order valence-corrected chi connectivity index (χ4v) is 7.31. The fourth-order valence-electron chi connectivity index (χ4n) is 7.31. The van der Waals surface area contributed by atoms with Crippen LogP contribution in [0.5, 0.6) is 0 Å². The minimum atomic E-state index is -5.43. The third-order valence-electron chi connectivity index (χ3n) is 10.4. The molecule has 1 saturated carbocycles. The quantitative estimate of drug-likeness (QED) is 0.124. The molecule has 3 heterocycles. The van der Waals surface area contributed by atoms with Crippen molar-refractivity contribution in [3.8, 4) is 0 Å². The van der Waals surface area contributed by atoms with Gasteiger partial charge in [0.2, 0.25) is 11.7 Å². The topological polar surface area (TPSA) is 240 Å². The van der Waals surface area contributed by atoms with Gasteiger partial charge in [-0.15, -0.1) is 5.10 Å². The minimum absolute atomic E-state index is 0.0301. The molecule has 6 N–H and O–H groups in total. The highest BCUT2D eigenvalue weighted by Gasteiger charge is 2.54. The monoisotopic (exact) mass is 763 g/mol. The molecule has 4 amide bonds. The molecule has 0 radical (unpaired) electrons. The van der Waals surface area contributed by atoms with E-state index < -0.39 is 70.2 Å². The van der Waals surface area contributed by atoms with Crippen molar-refractivity contribution in [1.82, 2.24) is 25.2 Å². The Balaban J connectivity index is 1.52. The number of carbonyl (C=O) groups excluding carboxylic acids is 5. The van der Waals surface area contributed by atoms with Gasteiger partial charge in [0.05, 0.1) is 17.9 Å². The van der Waals surface area contributed by atoms with Crippen molar-refractivity contribution >= 4 is 35.1 Å². The summed E-state index contributed by atoms with van der Waals surface area (Å²) in [5, 5.41) is 40.8. The Kier molecular flexibility index (Phi) is 11.8. The maximum Gasteiger partial charge on any atom is 0.447 e. The van der Waals surface area contributed by atoms with Crippen LogP contribution in [-0.2, 0) is 35.3 Å². The molecule has 294 valence electrons. The summed E-state index contributed by atoms with van der Waals surface area (Å²) < 4.78 is 46.4. The van der Waals surface area contributed by atoms with Gasteiger partial charge in [0.1, 0.15) is 22.9 Å². The number of aromatic nitrogens is 3. The van der Waals surface area contributed by atoms with Gasteiger partial charge in [0.25, 0.3) is 23.5 Å². The molecule has 2 aromatic rings. The van der Waals surface area contributed by atoms with Gasteiger partial charge in [0.15, 0.2) is 0 Å².